The van der Waals surface area contributed by atoms with Crippen molar-refractivity contribution in [1.82, 2.24) is 31.1 Å². The average molecular weight is 407 g/mol. The zero-order chi connectivity index (χ0) is 21.1. The molecule has 0 spiro atoms. The van der Waals surface area contributed by atoms with Gasteiger partial charge in [-0.2, -0.15) is 4.80 Å². The number of benzene rings is 2. The molecule has 0 saturated heterocycles. The summed E-state index contributed by atoms with van der Waals surface area (Å²) in [6.07, 6.45) is 0.186. The zero-order valence-corrected chi connectivity index (χ0v) is 15.6. The number of carbonyl (C=O) groups excluding carboxylic acids is 2. The van der Waals surface area contributed by atoms with E-state index in [1.165, 1.54) is 4.80 Å². The van der Waals surface area contributed by atoms with Gasteiger partial charge < -0.3 is 0 Å². The first-order valence-electron chi connectivity index (χ1n) is 9.17. The molecule has 0 bridgehead atoms. The Hall–Kier alpha value is -4.15. The summed E-state index contributed by atoms with van der Waals surface area (Å²) >= 11 is 0. The third-order valence-electron chi connectivity index (χ3n) is 4.69. The van der Waals surface area contributed by atoms with Gasteiger partial charge in [-0.3, -0.25) is 30.6 Å². The van der Waals surface area contributed by atoms with E-state index in [4.69, 9.17) is 0 Å². The monoisotopic (exact) mass is 407 g/mol. The van der Waals surface area contributed by atoms with Gasteiger partial charge in [-0.25, -0.2) is 0 Å². The van der Waals surface area contributed by atoms with Gasteiger partial charge in [-0.1, -0.05) is 42.5 Å². The van der Waals surface area contributed by atoms with Crippen LogP contribution in [0.3, 0.4) is 0 Å². The lowest BCUT2D eigenvalue weighted by Gasteiger charge is -2.07. The van der Waals surface area contributed by atoms with Crippen LogP contribution in [-0.4, -0.2) is 43.0 Å². The second-order valence-corrected chi connectivity index (χ2v) is 6.84. The van der Waals surface area contributed by atoms with Crippen molar-refractivity contribution in [2.24, 2.45) is 5.92 Å². The van der Waals surface area contributed by atoms with Gasteiger partial charge in [-0.05, 0) is 22.9 Å². The van der Waals surface area contributed by atoms with Gasteiger partial charge in [0.15, 0.2) is 0 Å². The van der Waals surface area contributed by atoms with Crippen molar-refractivity contribution in [3.63, 3.8) is 0 Å². The SMILES string of the molecule is O=C(NNC(=O)[C@@H]1C[C@@H]1[N+](=O)[O-])c1ccc(Cn2nnc(-c3ccccc3)n2)cc1. The van der Waals surface area contributed by atoms with Gasteiger partial charge in [0, 0.05) is 22.5 Å². The van der Waals surface area contributed by atoms with Gasteiger partial charge >= 0.3 is 0 Å². The summed E-state index contributed by atoms with van der Waals surface area (Å²) in [4.78, 5) is 35.5. The van der Waals surface area contributed by atoms with E-state index in [0.717, 1.165) is 11.1 Å². The van der Waals surface area contributed by atoms with Crippen molar-refractivity contribution >= 4 is 11.8 Å². The third-order valence-corrected chi connectivity index (χ3v) is 4.69. The minimum atomic E-state index is -0.867. The summed E-state index contributed by atoms with van der Waals surface area (Å²) in [5.41, 5.74) is 6.55. The van der Waals surface area contributed by atoms with Crippen LogP contribution in [0.5, 0.6) is 0 Å². The second-order valence-electron chi connectivity index (χ2n) is 6.84. The van der Waals surface area contributed by atoms with E-state index in [1.54, 1.807) is 24.3 Å². The maximum Gasteiger partial charge on any atom is 0.269 e. The molecule has 1 aromatic heterocycles. The number of hydrogen-bond acceptors (Lipinski definition) is 7. The van der Waals surface area contributed by atoms with Crippen LogP contribution in [0, 0.1) is 16.0 Å². The minimum absolute atomic E-state index is 0.186. The predicted molar refractivity (Wildman–Crippen MR) is 103 cm³/mol. The van der Waals surface area contributed by atoms with Crippen molar-refractivity contribution in [3.05, 3.63) is 75.8 Å². The smallest absolute Gasteiger partial charge is 0.269 e. The highest BCUT2D eigenvalue weighted by molar-refractivity contribution is 5.95. The van der Waals surface area contributed by atoms with Crippen LogP contribution in [-0.2, 0) is 11.3 Å². The van der Waals surface area contributed by atoms with E-state index >= 15 is 0 Å². The van der Waals surface area contributed by atoms with E-state index in [2.05, 4.69) is 26.3 Å². The largest absolute Gasteiger partial charge is 0.273 e. The first-order valence-corrected chi connectivity index (χ1v) is 9.17. The second kappa shape index (κ2) is 8.07. The molecule has 11 heteroatoms. The Morgan fingerprint density at radius 2 is 1.83 bits per heavy atom. The van der Waals surface area contributed by atoms with E-state index < -0.39 is 28.7 Å². The molecule has 0 unspecified atom stereocenters. The molecule has 4 rings (SSSR count). The first kappa shape index (κ1) is 19.2. The molecule has 1 aliphatic carbocycles. The number of nitro groups is 1. The molecule has 11 nitrogen and oxygen atoms in total. The summed E-state index contributed by atoms with van der Waals surface area (Å²) in [6, 6.07) is 15.3. The molecule has 3 aromatic rings. The van der Waals surface area contributed by atoms with E-state index in [9.17, 15) is 19.7 Å². The van der Waals surface area contributed by atoms with Crippen molar-refractivity contribution in [2.45, 2.75) is 19.0 Å². The van der Waals surface area contributed by atoms with Gasteiger partial charge in [0.2, 0.25) is 17.8 Å². The Bertz CT molecular complexity index is 1080. The number of hydrazine groups is 1. The van der Waals surface area contributed by atoms with Crippen LogP contribution >= 0.6 is 0 Å². The quantitative estimate of drug-likeness (QED) is 0.454. The number of hydrogen-bond donors (Lipinski definition) is 2. The van der Waals surface area contributed by atoms with E-state index in [-0.39, 0.29) is 6.42 Å². The van der Waals surface area contributed by atoms with Crippen LogP contribution in [0.1, 0.15) is 22.3 Å². The molecule has 0 radical (unpaired) electrons. The van der Waals surface area contributed by atoms with Crippen LogP contribution in [0.2, 0.25) is 0 Å². The molecule has 2 N–H and O–H groups in total. The standard InChI is InChI=1S/C19H17N7O4/c27-18(21-22-19(28)15-10-16(15)26(29)30)14-8-6-12(7-9-14)11-25-23-17(20-24-25)13-4-2-1-3-5-13/h1-9,15-16H,10-11H2,(H,21,27)(H,22,28)/t15-,16+/m1/s1. The number of nitrogens with zero attached hydrogens (tertiary/aromatic N) is 5. The fourth-order valence-corrected chi connectivity index (χ4v) is 2.92. The molecule has 152 valence electrons. The summed E-state index contributed by atoms with van der Waals surface area (Å²) in [5, 5.41) is 23.0. The highest BCUT2D eigenvalue weighted by Crippen LogP contribution is 2.32. The number of nitrogens with one attached hydrogen (secondary N) is 2. The van der Waals surface area contributed by atoms with Gasteiger partial charge in [0.05, 0.1) is 6.54 Å². The molecule has 2 atom stereocenters. The minimum Gasteiger partial charge on any atom is -0.273 e. The molecule has 1 fully saturated rings. The Morgan fingerprint density at radius 1 is 1.10 bits per heavy atom. The summed E-state index contributed by atoms with van der Waals surface area (Å²) in [6.45, 7) is 0.377. The summed E-state index contributed by atoms with van der Waals surface area (Å²) in [7, 11) is 0. The summed E-state index contributed by atoms with van der Waals surface area (Å²) in [5.74, 6) is -1.25. The molecule has 1 aliphatic rings. The molecule has 1 saturated carbocycles. The molecular formula is C19H17N7O4. The lowest BCUT2D eigenvalue weighted by Crippen LogP contribution is -2.43. The van der Waals surface area contributed by atoms with Gasteiger partial charge in [-0.15, -0.1) is 10.2 Å². The van der Waals surface area contributed by atoms with Crippen LogP contribution < -0.4 is 10.9 Å². The van der Waals surface area contributed by atoms with Crippen molar-refractivity contribution in [2.75, 3.05) is 0 Å². The molecule has 2 amide bonds. The number of tetrazole rings is 1. The highest BCUT2D eigenvalue weighted by Gasteiger charge is 2.53. The van der Waals surface area contributed by atoms with Crippen LogP contribution in [0.15, 0.2) is 54.6 Å². The Labute approximate surface area is 170 Å². The summed E-state index contributed by atoms with van der Waals surface area (Å²) < 4.78 is 0. The molecule has 1 heterocycles. The lowest BCUT2D eigenvalue weighted by atomic mass is 10.1. The van der Waals surface area contributed by atoms with E-state index in [1.807, 2.05) is 30.3 Å². The van der Waals surface area contributed by atoms with Crippen molar-refractivity contribution in [3.8, 4) is 11.4 Å². The fourth-order valence-electron chi connectivity index (χ4n) is 2.92. The van der Waals surface area contributed by atoms with Crippen molar-refractivity contribution < 1.29 is 14.5 Å². The molecule has 0 aliphatic heterocycles. The molecule has 2 aromatic carbocycles. The Morgan fingerprint density at radius 3 is 2.50 bits per heavy atom. The number of aromatic nitrogens is 4. The van der Waals surface area contributed by atoms with Crippen molar-refractivity contribution in [1.29, 1.82) is 0 Å². The van der Waals surface area contributed by atoms with Gasteiger partial charge in [0.1, 0.15) is 5.92 Å². The maximum atomic E-state index is 12.1. The fraction of sp³-hybridized carbons (Fsp3) is 0.211. The highest BCUT2D eigenvalue weighted by atomic mass is 16.6. The third kappa shape index (κ3) is 4.29. The zero-order valence-electron chi connectivity index (χ0n) is 15.6. The van der Waals surface area contributed by atoms with Gasteiger partial charge in [0.25, 0.3) is 5.91 Å². The predicted octanol–water partition coefficient (Wildman–Crippen LogP) is 0.815. The average Bonchev–Trinajstić information content (AvgIpc) is 3.45. The Balaban J connectivity index is 1.31. The van der Waals surface area contributed by atoms with E-state index in [0.29, 0.717) is 17.9 Å². The Kier molecular flexibility index (Phi) is 5.16. The normalized spacial score (nSPS) is 17.2. The topological polar surface area (TPSA) is 145 Å². The molecule has 30 heavy (non-hydrogen) atoms. The lowest BCUT2D eigenvalue weighted by molar-refractivity contribution is -0.497. The maximum absolute atomic E-state index is 12.1. The first-order chi connectivity index (χ1) is 14.5. The number of carbonyl (C=O) groups is 2. The number of amides is 2. The number of rotatable bonds is 6. The van der Waals surface area contributed by atoms with Crippen LogP contribution in [0.25, 0.3) is 11.4 Å². The molecular weight excluding hydrogens is 390 g/mol. The van der Waals surface area contributed by atoms with Crippen LogP contribution in [0.4, 0.5) is 0 Å².